The van der Waals surface area contributed by atoms with Crippen molar-refractivity contribution in [3.63, 3.8) is 0 Å². The van der Waals surface area contributed by atoms with Crippen LogP contribution >= 0.6 is 0 Å². The summed E-state index contributed by atoms with van der Waals surface area (Å²) >= 11 is 0. The number of oxazole rings is 1. The van der Waals surface area contributed by atoms with Gasteiger partial charge in [0.05, 0.1) is 10.5 Å². The molecule has 3 rings (SSSR count). The maximum atomic E-state index is 12.2. The van der Waals surface area contributed by atoms with Gasteiger partial charge < -0.3 is 15.9 Å². The van der Waals surface area contributed by atoms with Crippen molar-refractivity contribution in [3.8, 4) is 0 Å². The Balaban J connectivity index is 1.82. The first-order valence-electron chi connectivity index (χ1n) is 6.99. The number of anilines is 1. The normalized spacial score (nSPS) is 11.4. The van der Waals surface area contributed by atoms with Gasteiger partial charge in [-0.05, 0) is 18.2 Å². The molecule has 1 amide bonds. The fourth-order valence-electron chi connectivity index (χ4n) is 2.08. The van der Waals surface area contributed by atoms with Gasteiger partial charge in [0, 0.05) is 17.8 Å². The van der Waals surface area contributed by atoms with Crippen molar-refractivity contribution >= 4 is 40.4 Å². The van der Waals surface area contributed by atoms with Crippen LogP contribution in [0.4, 0.5) is 17.4 Å². The number of amides is 1. The van der Waals surface area contributed by atoms with Crippen LogP contribution in [0, 0.1) is 10.1 Å². The zero-order chi connectivity index (χ0) is 18.0. The number of nitrogens with one attached hydrogen (secondary N) is 1. The number of hydrogen-bond donors (Lipinski definition) is 3. The van der Waals surface area contributed by atoms with Gasteiger partial charge in [0.25, 0.3) is 11.6 Å². The number of nitrogens with two attached hydrogens (primary N) is 2. The van der Waals surface area contributed by atoms with Crippen LogP contribution in [-0.2, 0) is 0 Å². The highest BCUT2D eigenvalue weighted by Gasteiger charge is 2.16. The van der Waals surface area contributed by atoms with E-state index < -0.39 is 10.8 Å². The van der Waals surface area contributed by atoms with Gasteiger partial charge in [-0.15, -0.1) is 0 Å². The Bertz CT molecular complexity index is 977. The molecule has 3 aromatic rings. The van der Waals surface area contributed by atoms with Crippen LogP contribution in [0.15, 0.2) is 51.9 Å². The molecular formula is C15H12N6O4. The third-order valence-electron chi connectivity index (χ3n) is 3.23. The van der Waals surface area contributed by atoms with E-state index >= 15 is 0 Å². The van der Waals surface area contributed by atoms with Crippen LogP contribution < -0.4 is 16.8 Å². The lowest BCUT2D eigenvalue weighted by atomic mass is 10.1. The zero-order valence-corrected chi connectivity index (χ0v) is 12.7. The highest BCUT2D eigenvalue weighted by molar-refractivity contribution is 6.08. The minimum Gasteiger partial charge on any atom is -0.422 e. The van der Waals surface area contributed by atoms with Crippen molar-refractivity contribution in [1.82, 2.24) is 10.3 Å². The van der Waals surface area contributed by atoms with Crippen molar-refractivity contribution in [2.24, 2.45) is 10.7 Å². The molecule has 0 radical (unpaired) electrons. The number of hydrogen-bond acceptors (Lipinski definition) is 7. The van der Waals surface area contributed by atoms with E-state index in [2.05, 4.69) is 15.3 Å². The number of rotatable bonds is 3. The highest BCUT2D eigenvalue weighted by Crippen LogP contribution is 2.21. The second-order valence-electron chi connectivity index (χ2n) is 4.94. The number of non-ortho nitro benzene ring substituents is 1. The number of aliphatic imine (C=N–C) groups is 1. The molecule has 0 spiro atoms. The molecule has 10 heteroatoms. The van der Waals surface area contributed by atoms with Crippen LogP contribution in [0.25, 0.3) is 11.1 Å². The summed E-state index contributed by atoms with van der Waals surface area (Å²) in [6, 6.07) is 10.5. The first-order valence-corrected chi connectivity index (χ1v) is 6.99. The Hall–Kier alpha value is -3.95. The van der Waals surface area contributed by atoms with Crippen molar-refractivity contribution in [2.45, 2.75) is 0 Å². The molecule has 0 unspecified atom stereocenters. The largest absolute Gasteiger partial charge is 0.422 e. The smallest absolute Gasteiger partial charge is 0.325 e. The quantitative estimate of drug-likeness (QED) is 0.215. The van der Waals surface area contributed by atoms with Crippen LogP contribution in [0.5, 0.6) is 0 Å². The monoisotopic (exact) mass is 340 g/mol. The van der Waals surface area contributed by atoms with Gasteiger partial charge in [-0.1, -0.05) is 12.1 Å². The predicted molar refractivity (Wildman–Crippen MR) is 90.3 cm³/mol. The molecule has 0 aliphatic heterocycles. The van der Waals surface area contributed by atoms with E-state index in [-0.39, 0.29) is 28.9 Å². The lowest BCUT2D eigenvalue weighted by molar-refractivity contribution is -0.384. The van der Waals surface area contributed by atoms with Crippen molar-refractivity contribution in [2.75, 3.05) is 5.73 Å². The number of nitro benzene ring substituents is 1. The zero-order valence-electron chi connectivity index (χ0n) is 12.7. The molecule has 2 aromatic carbocycles. The molecule has 0 atom stereocenters. The number of nitrogens with zero attached hydrogens (tertiary/aromatic N) is 3. The highest BCUT2D eigenvalue weighted by atomic mass is 16.6. The molecule has 1 aromatic heterocycles. The summed E-state index contributed by atoms with van der Waals surface area (Å²) in [4.78, 5) is 30.3. The Kier molecular flexibility index (Phi) is 4.00. The van der Waals surface area contributed by atoms with Gasteiger partial charge >= 0.3 is 6.01 Å². The molecular weight excluding hydrogens is 328 g/mol. The Labute approximate surface area is 140 Å². The molecule has 25 heavy (non-hydrogen) atoms. The molecule has 0 saturated heterocycles. The number of carbonyl (C=O) groups excluding carboxylic acids is 1. The van der Waals surface area contributed by atoms with E-state index in [0.717, 1.165) is 6.07 Å². The van der Waals surface area contributed by atoms with Gasteiger partial charge in [-0.2, -0.15) is 9.98 Å². The molecule has 1 heterocycles. The van der Waals surface area contributed by atoms with Crippen LogP contribution in [0.2, 0.25) is 0 Å². The van der Waals surface area contributed by atoms with E-state index in [1.807, 2.05) is 0 Å². The number of para-hydroxylation sites is 2. The van der Waals surface area contributed by atoms with Gasteiger partial charge in [-0.3, -0.25) is 20.2 Å². The summed E-state index contributed by atoms with van der Waals surface area (Å²) in [6.07, 6.45) is 0. The van der Waals surface area contributed by atoms with E-state index in [1.165, 1.54) is 12.1 Å². The topological polar surface area (TPSA) is 163 Å². The third-order valence-corrected chi connectivity index (χ3v) is 3.23. The van der Waals surface area contributed by atoms with Crippen molar-refractivity contribution in [1.29, 1.82) is 0 Å². The minimum absolute atomic E-state index is 0.0361. The number of benzene rings is 2. The lowest BCUT2D eigenvalue weighted by Crippen LogP contribution is -2.36. The van der Waals surface area contributed by atoms with E-state index in [1.54, 1.807) is 24.3 Å². The first-order chi connectivity index (χ1) is 11.9. The molecule has 126 valence electrons. The molecule has 0 aliphatic rings. The molecule has 5 N–H and O–H groups in total. The molecule has 0 bridgehead atoms. The number of nitro groups is 1. The summed E-state index contributed by atoms with van der Waals surface area (Å²) in [5, 5.41) is 13.1. The van der Waals surface area contributed by atoms with Crippen LogP contribution in [0.3, 0.4) is 0 Å². The lowest BCUT2D eigenvalue weighted by Gasteiger charge is -2.06. The van der Waals surface area contributed by atoms with Crippen LogP contribution in [-0.4, -0.2) is 21.8 Å². The Morgan fingerprint density at radius 3 is 2.76 bits per heavy atom. The van der Waals surface area contributed by atoms with Crippen molar-refractivity contribution < 1.29 is 14.1 Å². The molecule has 10 nitrogen and oxygen atoms in total. The number of nitrogen functional groups attached to an aromatic ring is 1. The van der Waals surface area contributed by atoms with Crippen LogP contribution in [0.1, 0.15) is 10.4 Å². The Morgan fingerprint density at radius 2 is 2.04 bits per heavy atom. The average molecular weight is 340 g/mol. The predicted octanol–water partition coefficient (Wildman–Crippen LogP) is 1.69. The molecule has 0 saturated carbocycles. The molecule has 0 fully saturated rings. The summed E-state index contributed by atoms with van der Waals surface area (Å²) in [7, 11) is 0. The second-order valence-corrected chi connectivity index (χ2v) is 4.94. The number of aromatic nitrogens is 1. The first kappa shape index (κ1) is 15.9. The molecule has 0 aliphatic carbocycles. The number of fused-ring (bicyclic) bond motifs is 1. The van der Waals surface area contributed by atoms with E-state index in [0.29, 0.717) is 11.1 Å². The summed E-state index contributed by atoms with van der Waals surface area (Å²) in [6.45, 7) is 0. The SMILES string of the molecule is N/C(=N\c1nc2ccccc2o1)NC(=O)c1cc([N+](=O)[O-])ccc1N. The van der Waals surface area contributed by atoms with Crippen molar-refractivity contribution in [3.05, 3.63) is 58.1 Å². The van der Waals surface area contributed by atoms with Gasteiger partial charge in [0.15, 0.2) is 5.58 Å². The summed E-state index contributed by atoms with van der Waals surface area (Å²) in [5.41, 5.74) is 12.1. The van der Waals surface area contributed by atoms with E-state index in [9.17, 15) is 14.9 Å². The maximum absolute atomic E-state index is 12.2. The standard InChI is InChI=1S/C15H12N6O4/c16-10-6-5-8(21(23)24)7-9(10)13(22)19-14(17)20-15-18-11-3-1-2-4-12(11)25-15/h1-7H,16H2,(H3,17,18,19,20,22). The third kappa shape index (κ3) is 3.37. The maximum Gasteiger partial charge on any atom is 0.325 e. The summed E-state index contributed by atoms with van der Waals surface area (Å²) < 4.78 is 5.36. The number of carbonyl (C=O) groups is 1. The van der Waals surface area contributed by atoms with Gasteiger partial charge in [0.1, 0.15) is 5.52 Å². The second kappa shape index (κ2) is 6.28. The average Bonchev–Trinajstić information content (AvgIpc) is 2.96. The van der Waals surface area contributed by atoms with Gasteiger partial charge in [0.2, 0.25) is 5.96 Å². The summed E-state index contributed by atoms with van der Waals surface area (Å²) in [5.74, 6) is -1.03. The fourth-order valence-corrected chi connectivity index (χ4v) is 2.08. The number of guanidine groups is 1. The van der Waals surface area contributed by atoms with E-state index in [4.69, 9.17) is 15.9 Å². The van der Waals surface area contributed by atoms with Gasteiger partial charge in [-0.25, -0.2) is 0 Å². The Morgan fingerprint density at radius 1 is 1.28 bits per heavy atom. The fraction of sp³-hybridized carbons (Fsp3) is 0. The minimum atomic E-state index is -0.737.